The zero-order chi connectivity index (χ0) is 18.0. The Balaban J connectivity index is 1.72. The molecule has 0 aliphatic carbocycles. The van der Waals surface area contributed by atoms with E-state index in [9.17, 15) is 4.79 Å². The van der Waals surface area contributed by atoms with Crippen LogP contribution in [0.2, 0.25) is 0 Å². The molecule has 3 aromatic rings. The number of amides is 1. The Bertz CT molecular complexity index is 893. The van der Waals surface area contributed by atoms with Crippen molar-refractivity contribution in [1.29, 1.82) is 0 Å². The van der Waals surface area contributed by atoms with Gasteiger partial charge < -0.3 is 9.73 Å². The van der Waals surface area contributed by atoms with Crippen LogP contribution < -0.4 is 5.32 Å². The second-order valence-electron chi connectivity index (χ2n) is 6.38. The third-order valence-corrected chi connectivity index (χ3v) is 5.64. The maximum Gasteiger partial charge on any atom is 0.230 e. The van der Waals surface area contributed by atoms with Crippen LogP contribution in [-0.2, 0) is 11.2 Å². The monoisotopic (exact) mass is 357 g/mol. The average molecular weight is 357 g/mol. The molecule has 25 heavy (non-hydrogen) atoms. The topological polar surface area (TPSA) is 68.0 Å². The van der Waals surface area contributed by atoms with Crippen LogP contribution in [0, 0.1) is 13.8 Å². The van der Waals surface area contributed by atoms with E-state index in [0.717, 1.165) is 34.4 Å². The third-order valence-electron chi connectivity index (χ3n) is 4.64. The fourth-order valence-electron chi connectivity index (χ4n) is 2.90. The minimum Gasteiger partial charge on any atom is -0.464 e. The number of carbonyl (C=O) groups is 1. The molecule has 0 spiro atoms. The molecule has 0 aliphatic rings. The van der Waals surface area contributed by atoms with Crippen molar-refractivity contribution in [2.75, 3.05) is 5.32 Å². The van der Waals surface area contributed by atoms with Crippen molar-refractivity contribution in [2.24, 2.45) is 0 Å². The zero-order valence-electron chi connectivity index (χ0n) is 15.0. The highest BCUT2D eigenvalue weighted by molar-refractivity contribution is 7.15. The Kier molecular flexibility index (Phi) is 5.18. The summed E-state index contributed by atoms with van der Waals surface area (Å²) in [6.07, 6.45) is 3.98. The van der Waals surface area contributed by atoms with Gasteiger partial charge >= 0.3 is 0 Å². The molecule has 132 valence electrons. The standard InChI is InChI=1S/C19H23N3O2S/c1-5-13(6-2)18-21-22-19(25-18)20-17(23)9-14-10-24-16-8-12(4)11(3)7-15(14)16/h7-8,10,13H,5-6,9H2,1-4H3,(H,20,22,23). The van der Waals surface area contributed by atoms with Gasteiger partial charge in [-0.15, -0.1) is 10.2 Å². The molecule has 1 N–H and O–H groups in total. The van der Waals surface area contributed by atoms with Gasteiger partial charge in [-0.05, 0) is 49.9 Å². The maximum absolute atomic E-state index is 12.4. The predicted octanol–water partition coefficient (Wildman–Crippen LogP) is 4.99. The van der Waals surface area contributed by atoms with E-state index >= 15 is 0 Å². The number of nitrogens with zero attached hydrogens (tertiary/aromatic N) is 2. The highest BCUT2D eigenvalue weighted by Crippen LogP contribution is 2.29. The molecule has 2 aromatic heterocycles. The first-order chi connectivity index (χ1) is 12.0. The number of aryl methyl sites for hydroxylation is 2. The lowest BCUT2D eigenvalue weighted by Crippen LogP contribution is -2.14. The van der Waals surface area contributed by atoms with Gasteiger partial charge in [0.25, 0.3) is 0 Å². The Hall–Kier alpha value is -2.21. The van der Waals surface area contributed by atoms with E-state index in [0.29, 0.717) is 11.0 Å². The number of anilines is 1. The zero-order valence-corrected chi connectivity index (χ0v) is 15.9. The van der Waals surface area contributed by atoms with Crippen LogP contribution in [0.1, 0.15) is 54.3 Å². The third kappa shape index (κ3) is 3.74. The van der Waals surface area contributed by atoms with Crippen molar-refractivity contribution in [3.05, 3.63) is 40.1 Å². The molecule has 0 saturated heterocycles. The Morgan fingerprint density at radius 3 is 2.64 bits per heavy atom. The van der Waals surface area contributed by atoms with Crippen LogP contribution in [0.25, 0.3) is 11.0 Å². The summed E-state index contributed by atoms with van der Waals surface area (Å²) >= 11 is 1.46. The average Bonchev–Trinajstić information content (AvgIpc) is 3.18. The van der Waals surface area contributed by atoms with Crippen LogP contribution >= 0.6 is 11.3 Å². The van der Waals surface area contributed by atoms with E-state index in [1.54, 1.807) is 6.26 Å². The first-order valence-electron chi connectivity index (χ1n) is 8.62. The van der Waals surface area contributed by atoms with Gasteiger partial charge in [-0.2, -0.15) is 0 Å². The summed E-state index contributed by atoms with van der Waals surface area (Å²) in [7, 11) is 0. The molecule has 0 aliphatic heterocycles. The van der Waals surface area contributed by atoms with Gasteiger partial charge in [-0.1, -0.05) is 25.2 Å². The van der Waals surface area contributed by atoms with E-state index in [1.807, 2.05) is 6.07 Å². The molecule has 0 saturated carbocycles. The minimum atomic E-state index is -0.104. The van der Waals surface area contributed by atoms with Gasteiger partial charge in [0.15, 0.2) is 0 Å². The van der Waals surface area contributed by atoms with Crippen LogP contribution in [0.15, 0.2) is 22.8 Å². The molecule has 0 atom stereocenters. The van der Waals surface area contributed by atoms with Gasteiger partial charge in [-0.3, -0.25) is 4.79 Å². The van der Waals surface area contributed by atoms with Crippen LogP contribution in [-0.4, -0.2) is 16.1 Å². The quantitative estimate of drug-likeness (QED) is 0.675. The summed E-state index contributed by atoms with van der Waals surface area (Å²) in [6.45, 7) is 8.39. The smallest absolute Gasteiger partial charge is 0.230 e. The van der Waals surface area contributed by atoms with Crippen molar-refractivity contribution >= 4 is 33.3 Å². The van der Waals surface area contributed by atoms with E-state index < -0.39 is 0 Å². The number of hydrogen-bond acceptors (Lipinski definition) is 5. The Morgan fingerprint density at radius 2 is 1.92 bits per heavy atom. The number of carbonyl (C=O) groups excluding carboxylic acids is 1. The number of hydrogen-bond donors (Lipinski definition) is 1. The molecule has 0 fully saturated rings. The Labute approximate surface area is 151 Å². The second kappa shape index (κ2) is 7.35. The largest absolute Gasteiger partial charge is 0.464 e. The summed E-state index contributed by atoms with van der Waals surface area (Å²) in [5.74, 6) is 0.306. The lowest BCUT2D eigenvalue weighted by atomic mass is 10.0. The molecule has 0 radical (unpaired) electrons. The molecule has 0 unspecified atom stereocenters. The summed E-state index contributed by atoms with van der Waals surface area (Å²) in [5.41, 5.74) is 4.08. The maximum atomic E-state index is 12.4. The van der Waals surface area contributed by atoms with Gasteiger partial charge in [0.1, 0.15) is 10.6 Å². The number of nitrogens with one attached hydrogen (secondary N) is 1. The summed E-state index contributed by atoms with van der Waals surface area (Å²) in [4.78, 5) is 12.4. The molecule has 1 amide bonds. The molecule has 2 heterocycles. The molecular formula is C19H23N3O2S. The number of furan rings is 1. The van der Waals surface area contributed by atoms with Gasteiger partial charge in [0.2, 0.25) is 11.0 Å². The summed E-state index contributed by atoms with van der Waals surface area (Å²) < 4.78 is 5.60. The molecule has 6 heteroatoms. The normalized spacial score (nSPS) is 11.4. The SMILES string of the molecule is CCC(CC)c1nnc(NC(=O)Cc2coc3cc(C)c(C)cc23)s1. The molecule has 1 aromatic carbocycles. The van der Waals surface area contributed by atoms with E-state index in [2.05, 4.69) is 49.3 Å². The van der Waals surface area contributed by atoms with Crippen LogP contribution in [0.3, 0.4) is 0 Å². The Morgan fingerprint density at radius 1 is 1.20 bits per heavy atom. The fraction of sp³-hybridized carbons (Fsp3) is 0.421. The first-order valence-corrected chi connectivity index (χ1v) is 9.44. The van der Waals surface area contributed by atoms with E-state index in [-0.39, 0.29) is 12.3 Å². The highest BCUT2D eigenvalue weighted by Gasteiger charge is 2.16. The van der Waals surface area contributed by atoms with Crippen molar-refractivity contribution in [3.8, 4) is 0 Å². The number of rotatable bonds is 6. The fourth-order valence-corrected chi connectivity index (χ4v) is 3.92. The van der Waals surface area contributed by atoms with E-state index in [4.69, 9.17) is 4.42 Å². The van der Waals surface area contributed by atoms with Crippen molar-refractivity contribution < 1.29 is 9.21 Å². The second-order valence-corrected chi connectivity index (χ2v) is 7.39. The summed E-state index contributed by atoms with van der Waals surface area (Å²) in [5, 5.41) is 13.7. The van der Waals surface area contributed by atoms with Gasteiger partial charge in [-0.25, -0.2) is 0 Å². The first kappa shape index (κ1) is 17.6. The molecule has 0 bridgehead atoms. The molecule has 3 rings (SSSR count). The van der Waals surface area contributed by atoms with Crippen molar-refractivity contribution in [3.63, 3.8) is 0 Å². The number of benzene rings is 1. The van der Waals surface area contributed by atoms with Gasteiger partial charge in [0, 0.05) is 16.9 Å². The summed E-state index contributed by atoms with van der Waals surface area (Å²) in [6, 6.07) is 4.09. The van der Waals surface area contributed by atoms with Crippen LogP contribution in [0.4, 0.5) is 5.13 Å². The van der Waals surface area contributed by atoms with Crippen molar-refractivity contribution in [2.45, 2.75) is 52.9 Å². The number of aromatic nitrogens is 2. The highest BCUT2D eigenvalue weighted by atomic mass is 32.1. The van der Waals surface area contributed by atoms with Gasteiger partial charge in [0.05, 0.1) is 12.7 Å². The lowest BCUT2D eigenvalue weighted by molar-refractivity contribution is -0.115. The molecular weight excluding hydrogens is 334 g/mol. The lowest BCUT2D eigenvalue weighted by Gasteiger charge is -2.05. The predicted molar refractivity (Wildman–Crippen MR) is 101 cm³/mol. The number of fused-ring (bicyclic) bond motifs is 1. The minimum absolute atomic E-state index is 0.104. The van der Waals surface area contributed by atoms with E-state index in [1.165, 1.54) is 22.5 Å². The van der Waals surface area contributed by atoms with Crippen LogP contribution in [0.5, 0.6) is 0 Å². The van der Waals surface area contributed by atoms with Crippen molar-refractivity contribution in [1.82, 2.24) is 10.2 Å². The molecule has 5 nitrogen and oxygen atoms in total.